The fourth-order valence-electron chi connectivity index (χ4n) is 2.57. The van der Waals surface area contributed by atoms with Gasteiger partial charge in [-0.3, -0.25) is 4.79 Å². The topological polar surface area (TPSA) is 55.1 Å². The second-order valence-electron chi connectivity index (χ2n) is 5.97. The van der Waals surface area contributed by atoms with Crippen LogP contribution in [0.3, 0.4) is 0 Å². The van der Waals surface area contributed by atoms with Crippen LogP contribution >= 0.6 is 27.5 Å². The van der Waals surface area contributed by atoms with E-state index < -0.39 is 0 Å². The molecule has 134 valence electrons. The monoisotopic (exact) mass is 432 g/mol. The van der Waals surface area contributed by atoms with Gasteiger partial charge in [0.15, 0.2) is 11.7 Å². The summed E-state index contributed by atoms with van der Waals surface area (Å²) in [4.78, 5) is 16.4. The SMILES string of the molecule is C[C@@H](NC(=O)CCc1ncc(-c2ccc(Cl)cc2)o1)c1cccc(Br)c1. The summed E-state index contributed by atoms with van der Waals surface area (Å²) in [6, 6.07) is 15.2. The van der Waals surface area contributed by atoms with Crippen LogP contribution in [0.4, 0.5) is 0 Å². The number of oxazole rings is 1. The number of hydrogen-bond acceptors (Lipinski definition) is 3. The molecule has 1 N–H and O–H groups in total. The van der Waals surface area contributed by atoms with Crippen LogP contribution in [0.25, 0.3) is 11.3 Å². The average molecular weight is 434 g/mol. The molecular weight excluding hydrogens is 416 g/mol. The molecule has 0 radical (unpaired) electrons. The third kappa shape index (κ3) is 4.96. The molecule has 3 aromatic rings. The number of hydrogen-bond donors (Lipinski definition) is 1. The first kappa shape index (κ1) is 18.7. The molecule has 0 fully saturated rings. The Morgan fingerprint density at radius 1 is 1.27 bits per heavy atom. The Balaban J connectivity index is 1.54. The highest BCUT2D eigenvalue weighted by Crippen LogP contribution is 2.23. The van der Waals surface area contributed by atoms with E-state index in [2.05, 4.69) is 26.2 Å². The minimum absolute atomic E-state index is 0.0382. The zero-order valence-corrected chi connectivity index (χ0v) is 16.5. The van der Waals surface area contributed by atoms with Crippen molar-refractivity contribution in [1.82, 2.24) is 10.3 Å². The number of aromatic nitrogens is 1. The van der Waals surface area contributed by atoms with Crippen LogP contribution in [0.1, 0.15) is 30.8 Å². The lowest BCUT2D eigenvalue weighted by atomic mass is 10.1. The van der Waals surface area contributed by atoms with E-state index in [4.69, 9.17) is 16.0 Å². The van der Waals surface area contributed by atoms with Crippen LogP contribution in [0, 0.1) is 0 Å². The number of carbonyl (C=O) groups is 1. The molecule has 0 unspecified atom stereocenters. The predicted octanol–water partition coefficient (Wildman–Crippen LogP) is 5.57. The van der Waals surface area contributed by atoms with E-state index in [1.807, 2.05) is 43.3 Å². The first-order valence-electron chi connectivity index (χ1n) is 8.27. The van der Waals surface area contributed by atoms with E-state index in [0.717, 1.165) is 15.6 Å². The highest BCUT2D eigenvalue weighted by Gasteiger charge is 2.12. The van der Waals surface area contributed by atoms with E-state index in [-0.39, 0.29) is 11.9 Å². The molecule has 26 heavy (non-hydrogen) atoms. The van der Waals surface area contributed by atoms with Gasteiger partial charge in [0.1, 0.15) is 0 Å². The molecule has 1 amide bonds. The number of amides is 1. The largest absolute Gasteiger partial charge is 0.441 e. The maximum absolute atomic E-state index is 12.2. The Kier molecular flexibility index (Phi) is 6.12. The standard InChI is InChI=1S/C20H18BrClN2O2/c1-13(15-3-2-4-16(21)11-15)24-19(25)9-10-20-23-12-18(26-20)14-5-7-17(22)8-6-14/h2-8,11-13H,9-10H2,1H3,(H,24,25)/t13-/m1/s1. The Hall–Kier alpha value is -2.11. The summed E-state index contributed by atoms with van der Waals surface area (Å²) in [7, 11) is 0. The van der Waals surface area contributed by atoms with Crippen molar-refractivity contribution in [2.24, 2.45) is 0 Å². The van der Waals surface area contributed by atoms with Crippen LogP contribution < -0.4 is 5.32 Å². The van der Waals surface area contributed by atoms with Crippen LogP contribution in [0.5, 0.6) is 0 Å². The summed E-state index contributed by atoms with van der Waals surface area (Å²) < 4.78 is 6.72. The molecule has 0 spiro atoms. The van der Waals surface area contributed by atoms with Crippen molar-refractivity contribution in [2.75, 3.05) is 0 Å². The summed E-state index contributed by atoms with van der Waals surface area (Å²) in [5.74, 6) is 1.17. The van der Waals surface area contributed by atoms with Crippen molar-refractivity contribution in [3.63, 3.8) is 0 Å². The Labute approximate surface area is 165 Å². The second-order valence-corrected chi connectivity index (χ2v) is 7.32. The van der Waals surface area contributed by atoms with Gasteiger partial charge in [0.2, 0.25) is 5.91 Å². The molecule has 1 heterocycles. The van der Waals surface area contributed by atoms with E-state index in [1.165, 1.54) is 0 Å². The fraction of sp³-hybridized carbons (Fsp3) is 0.200. The third-order valence-corrected chi connectivity index (χ3v) is 4.72. The van der Waals surface area contributed by atoms with Gasteiger partial charge >= 0.3 is 0 Å². The minimum atomic E-state index is -0.0609. The molecule has 4 nitrogen and oxygen atoms in total. The molecule has 2 aromatic carbocycles. The summed E-state index contributed by atoms with van der Waals surface area (Å²) in [5, 5.41) is 3.67. The predicted molar refractivity (Wildman–Crippen MR) is 106 cm³/mol. The number of nitrogens with zero attached hydrogens (tertiary/aromatic N) is 1. The van der Waals surface area contributed by atoms with Gasteiger partial charge in [0.25, 0.3) is 0 Å². The number of nitrogens with one attached hydrogen (secondary N) is 1. The summed E-state index contributed by atoms with van der Waals surface area (Å²) >= 11 is 9.33. The lowest BCUT2D eigenvalue weighted by molar-refractivity contribution is -0.121. The Morgan fingerprint density at radius 2 is 2.04 bits per heavy atom. The van der Waals surface area contributed by atoms with Crippen LogP contribution in [0.2, 0.25) is 5.02 Å². The maximum Gasteiger partial charge on any atom is 0.220 e. The van der Waals surface area contributed by atoms with E-state index in [1.54, 1.807) is 18.3 Å². The smallest absolute Gasteiger partial charge is 0.220 e. The van der Waals surface area contributed by atoms with Gasteiger partial charge in [-0.15, -0.1) is 0 Å². The molecule has 1 aromatic heterocycles. The highest BCUT2D eigenvalue weighted by atomic mass is 79.9. The molecular formula is C20H18BrClN2O2. The van der Waals surface area contributed by atoms with Crippen LogP contribution in [-0.2, 0) is 11.2 Å². The van der Waals surface area contributed by atoms with Crippen molar-refractivity contribution in [3.8, 4) is 11.3 Å². The number of aryl methyl sites for hydroxylation is 1. The molecule has 0 aliphatic rings. The van der Waals surface area contributed by atoms with Crippen molar-refractivity contribution in [1.29, 1.82) is 0 Å². The van der Waals surface area contributed by atoms with Gasteiger partial charge in [-0.2, -0.15) is 0 Å². The van der Waals surface area contributed by atoms with Gasteiger partial charge in [-0.1, -0.05) is 39.7 Å². The van der Waals surface area contributed by atoms with Gasteiger partial charge < -0.3 is 9.73 Å². The van der Waals surface area contributed by atoms with E-state index in [9.17, 15) is 4.79 Å². The lowest BCUT2D eigenvalue weighted by Crippen LogP contribution is -2.26. The third-order valence-electron chi connectivity index (χ3n) is 3.97. The molecule has 0 aliphatic carbocycles. The molecule has 0 aliphatic heterocycles. The molecule has 1 atom stereocenters. The first-order chi connectivity index (χ1) is 12.5. The molecule has 0 saturated carbocycles. The zero-order chi connectivity index (χ0) is 18.5. The number of halogens is 2. The minimum Gasteiger partial charge on any atom is -0.441 e. The number of benzene rings is 2. The van der Waals surface area contributed by atoms with Gasteiger partial charge in [0, 0.05) is 27.9 Å². The van der Waals surface area contributed by atoms with Crippen molar-refractivity contribution < 1.29 is 9.21 Å². The first-order valence-corrected chi connectivity index (χ1v) is 9.44. The maximum atomic E-state index is 12.2. The van der Waals surface area contributed by atoms with Gasteiger partial charge in [-0.25, -0.2) is 4.98 Å². The number of carbonyl (C=O) groups excluding carboxylic acids is 1. The van der Waals surface area contributed by atoms with E-state index >= 15 is 0 Å². The van der Waals surface area contributed by atoms with E-state index in [0.29, 0.717) is 29.5 Å². The van der Waals surface area contributed by atoms with Gasteiger partial charge in [0.05, 0.1) is 12.2 Å². The summed E-state index contributed by atoms with van der Waals surface area (Å²) in [6.07, 6.45) is 2.43. The Morgan fingerprint density at radius 3 is 2.77 bits per heavy atom. The van der Waals surface area contributed by atoms with Crippen molar-refractivity contribution in [2.45, 2.75) is 25.8 Å². The molecule has 0 saturated heterocycles. The Bertz CT molecular complexity index is 893. The summed E-state index contributed by atoms with van der Waals surface area (Å²) in [5.41, 5.74) is 1.95. The van der Waals surface area contributed by atoms with Crippen LogP contribution in [0.15, 0.2) is 63.6 Å². The lowest BCUT2D eigenvalue weighted by Gasteiger charge is -2.14. The second kappa shape index (κ2) is 8.52. The average Bonchev–Trinajstić information content (AvgIpc) is 3.09. The van der Waals surface area contributed by atoms with Gasteiger partial charge in [-0.05, 0) is 48.9 Å². The highest BCUT2D eigenvalue weighted by molar-refractivity contribution is 9.10. The fourth-order valence-corrected chi connectivity index (χ4v) is 3.11. The molecule has 6 heteroatoms. The normalized spacial score (nSPS) is 12.0. The number of rotatable bonds is 6. The van der Waals surface area contributed by atoms with Crippen LogP contribution in [-0.4, -0.2) is 10.9 Å². The van der Waals surface area contributed by atoms with Crippen molar-refractivity contribution in [3.05, 3.63) is 75.7 Å². The quantitative estimate of drug-likeness (QED) is 0.553. The van der Waals surface area contributed by atoms with Crippen molar-refractivity contribution >= 4 is 33.4 Å². The summed E-state index contributed by atoms with van der Waals surface area (Å²) in [6.45, 7) is 1.96. The molecule has 0 bridgehead atoms. The molecule has 3 rings (SSSR count). The zero-order valence-electron chi connectivity index (χ0n) is 14.2.